The second-order valence-corrected chi connectivity index (χ2v) is 2.77. The third kappa shape index (κ3) is 2.11. The minimum Gasteiger partial charge on any atom is -0.350 e. The summed E-state index contributed by atoms with van der Waals surface area (Å²) in [6, 6.07) is 0. The summed E-state index contributed by atoms with van der Waals surface area (Å²) in [5, 5.41) is 0. The molecule has 0 aromatic heterocycles. The molecule has 0 aromatic carbocycles. The van der Waals surface area contributed by atoms with Gasteiger partial charge in [0.25, 0.3) is 0 Å². The van der Waals surface area contributed by atoms with Crippen LogP contribution in [-0.2, 0) is 9.47 Å². The molecule has 10 heavy (non-hydrogen) atoms. The summed E-state index contributed by atoms with van der Waals surface area (Å²) in [4.78, 5) is 0. The fourth-order valence-electron chi connectivity index (χ4n) is 0.976. The van der Waals surface area contributed by atoms with E-state index in [9.17, 15) is 0 Å². The quantitative estimate of drug-likeness (QED) is 0.592. The molecular formula is C7H13ClO2. The summed E-state index contributed by atoms with van der Waals surface area (Å²) < 4.78 is 10.7. The van der Waals surface area contributed by atoms with Crippen LogP contribution in [0.4, 0.5) is 0 Å². The van der Waals surface area contributed by atoms with E-state index in [1.807, 2.05) is 0 Å². The molecule has 0 amide bonds. The molecule has 0 bridgehead atoms. The van der Waals surface area contributed by atoms with Gasteiger partial charge in [0.2, 0.25) is 0 Å². The number of rotatable bonds is 3. The van der Waals surface area contributed by atoms with Crippen molar-refractivity contribution in [1.82, 2.24) is 0 Å². The predicted octanol–water partition coefficient (Wildman–Crippen LogP) is 1.77. The maximum atomic E-state index is 5.57. The average Bonchev–Trinajstić information content (AvgIpc) is 2.37. The molecule has 0 aromatic rings. The van der Waals surface area contributed by atoms with Crippen molar-refractivity contribution in [2.75, 3.05) is 12.5 Å². The lowest BCUT2D eigenvalue weighted by molar-refractivity contribution is -0.0588. The molecule has 0 radical (unpaired) electrons. The van der Waals surface area contributed by atoms with Crippen molar-refractivity contribution < 1.29 is 9.47 Å². The summed E-state index contributed by atoms with van der Waals surface area (Å²) in [5.74, 6) is 0.542. The van der Waals surface area contributed by atoms with Crippen LogP contribution in [0.2, 0.25) is 0 Å². The zero-order chi connectivity index (χ0) is 7.40. The lowest BCUT2D eigenvalue weighted by Gasteiger charge is -2.07. The standard InChI is InChI=1S/C7H13ClO2/c1-2-3-7-9-5-6(4-8)10-7/h6-7H,2-5H2,1H3. The third-order valence-electron chi connectivity index (χ3n) is 1.51. The van der Waals surface area contributed by atoms with E-state index in [1.54, 1.807) is 0 Å². The molecule has 1 aliphatic rings. The van der Waals surface area contributed by atoms with Gasteiger partial charge in [-0.1, -0.05) is 13.3 Å². The van der Waals surface area contributed by atoms with Crippen LogP contribution in [0.25, 0.3) is 0 Å². The number of hydrogen-bond acceptors (Lipinski definition) is 2. The lowest BCUT2D eigenvalue weighted by Crippen LogP contribution is -2.13. The zero-order valence-corrected chi connectivity index (χ0v) is 6.93. The van der Waals surface area contributed by atoms with E-state index in [0.29, 0.717) is 12.5 Å². The lowest BCUT2D eigenvalue weighted by atomic mass is 10.3. The number of alkyl halides is 1. The Balaban J connectivity index is 2.15. The Morgan fingerprint density at radius 1 is 1.60 bits per heavy atom. The van der Waals surface area contributed by atoms with E-state index >= 15 is 0 Å². The Morgan fingerprint density at radius 3 is 2.90 bits per heavy atom. The van der Waals surface area contributed by atoms with Gasteiger partial charge in [0.05, 0.1) is 18.6 Å². The molecule has 2 atom stereocenters. The monoisotopic (exact) mass is 164 g/mol. The maximum Gasteiger partial charge on any atom is 0.158 e. The summed E-state index contributed by atoms with van der Waals surface area (Å²) in [7, 11) is 0. The van der Waals surface area contributed by atoms with Gasteiger partial charge in [-0.05, 0) is 6.42 Å². The van der Waals surface area contributed by atoms with Gasteiger partial charge in [-0.25, -0.2) is 0 Å². The highest BCUT2D eigenvalue weighted by Gasteiger charge is 2.23. The Bertz CT molecular complexity index is 97.6. The van der Waals surface area contributed by atoms with Crippen molar-refractivity contribution in [1.29, 1.82) is 0 Å². The Morgan fingerprint density at radius 2 is 2.40 bits per heavy atom. The molecule has 1 heterocycles. The number of halogens is 1. The normalized spacial score (nSPS) is 33.0. The molecule has 3 heteroatoms. The first-order chi connectivity index (χ1) is 4.86. The van der Waals surface area contributed by atoms with E-state index in [0.717, 1.165) is 12.8 Å². The molecule has 1 aliphatic heterocycles. The van der Waals surface area contributed by atoms with Gasteiger partial charge in [-0.15, -0.1) is 11.6 Å². The van der Waals surface area contributed by atoms with Crippen LogP contribution in [0.15, 0.2) is 0 Å². The van der Waals surface area contributed by atoms with Crippen molar-refractivity contribution in [3.8, 4) is 0 Å². The van der Waals surface area contributed by atoms with E-state index < -0.39 is 0 Å². The van der Waals surface area contributed by atoms with E-state index in [2.05, 4.69) is 6.92 Å². The SMILES string of the molecule is CCCC1OCC(CCl)O1. The van der Waals surface area contributed by atoms with Crippen LogP contribution in [0.1, 0.15) is 19.8 Å². The molecule has 1 rings (SSSR count). The number of ether oxygens (including phenoxy) is 2. The van der Waals surface area contributed by atoms with Crippen LogP contribution >= 0.6 is 11.6 Å². The average molecular weight is 165 g/mol. The first-order valence-electron chi connectivity index (χ1n) is 3.69. The van der Waals surface area contributed by atoms with Crippen molar-refractivity contribution >= 4 is 11.6 Å². The first-order valence-corrected chi connectivity index (χ1v) is 4.23. The molecule has 0 spiro atoms. The van der Waals surface area contributed by atoms with Crippen molar-refractivity contribution in [2.24, 2.45) is 0 Å². The molecular weight excluding hydrogens is 152 g/mol. The fraction of sp³-hybridized carbons (Fsp3) is 1.00. The van der Waals surface area contributed by atoms with Gasteiger partial charge in [-0.2, -0.15) is 0 Å². The van der Waals surface area contributed by atoms with Crippen LogP contribution in [0.3, 0.4) is 0 Å². The van der Waals surface area contributed by atoms with Gasteiger partial charge in [0.1, 0.15) is 0 Å². The first kappa shape index (κ1) is 8.31. The van der Waals surface area contributed by atoms with Gasteiger partial charge < -0.3 is 9.47 Å². The molecule has 0 aliphatic carbocycles. The molecule has 2 nitrogen and oxygen atoms in total. The third-order valence-corrected chi connectivity index (χ3v) is 1.85. The van der Waals surface area contributed by atoms with Gasteiger partial charge in [-0.3, -0.25) is 0 Å². The van der Waals surface area contributed by atoms with Crippen LogP contribution in [-0.4, -0.2) is 24.9 Å². The fourth-order valence-corrected chi connectivity index (χ4v) is 1.14. The van der Waals surface area contributed by atoms with Crippen molar-refractivity contribution in [3.05, 3.63) is 0 Å². The van der Waals surface area contributed by atoms with Crippen molar-refractivity contribution in [2.45, 2.75) is 32.2 Å². The molecule has 1 saturated heterocycles. The van der Waals surface area contributed by atoms with Crippen molar-refractivity contribution in [3.63, 3.8) is 0 Å². The molecule has 0 saturated carbocycles. The highest BCUT2D eigenvalue weighted by Crippen LogP contribution is 2.16. The molecule has 2 unspecified atom stereocenters. The van der Waals surface area contributed by atoms with Gasteiger partial charge in [0, 0.05) is 0 Å². The summed E-state index contributed by atoms with van der Waals surface area (Å²) >= 11 is 5.57. The maximum absolute atomic E-state index is 5.57. The Hall–Kier alpha value is 0.210. The highest BCUT2D eigenvalue weighted by atomic mass is 35.5. The van der Waals surface area contributed by atoms with E-state index in [1.165, 1.54) is 0 Å². The van der Waals surface area contributed by atoms with Crippen LogP contribution < -0.4 is 0 Å². The molecule has 60 valence electrons. The van der Waals surface area contributed by atoms with Crippen LogP contribution in [0.5, 0.6) is 0 Å². The summed E-state index contributed by atoms with van der Waals surface area (Å²) in [6.07, 6.45) is 2.21. The number of hydrogen-bond donors (Lipinski definition) is 0. The van der Waals surface area contributed by atoms with Gasteiger partial charge >= 0.3 is 0 Å². The minimum absolute atomic E-state index is 0.00810. The zero-order valence-electron chi connectivity index (χ0n) is 6.18. The smallest absolute Gasteiger partial charge is 0.158 e. The Labute approximate surface area is 66.5 Å². The van der Waals surface area contributed by atoms with Crippen LogP contribution in [0, 0.1) is 0 Å². The second kappa shape index (κ2) is 4.16. The minimum atomic E-state index is 0.00810. The highest BCUT2D eigenvalue weighted by molar-refractivity contribution is 6.18. The largest absolute Gasteiger partial charge is 0.350 e. The second-order valence-electron chi connectivity index (χ2n) is 2.46. The summed E-state index contributed by atoms with van der Waals surface area (Å²) in [5.41, 5.74) is 0. The molecule has 0 N–H and O–H groups in total. The van der Waals surface area contributed by atoms with Gasteiger partial charge in [0.15, 0.2) is 6.29 Å². The van der Waals surface area contributed by atoms with E-state index in [-0.39, 0.29) is 12.4 Å². The predicted molar refractivity (Wildman–Crippen MR) is 40.2 cm³/mol. The topological polar surface area (TPSA) is 18.5 Å². The summed E-state index contributed by atoms with van der Waals surface area (Å²) in [6.45, 7) is 2.77. The molecule has 1 fully saturated rings. The Kier molecular flexibility index (Phi) is 3.46. The van der Waals surface area contributed by atoms with E-state index in [4.69, 9.17) is 21.1 Å².